The van der Waals surface area contributed by atoms with E-state index in [4.69, 9.17) is 11.6 Å². The molecule has 1 aliphatic heterocycles. The average Bonchev–Trinajstić information content (AvgIpc) is 1.98. The maximum absolute atomic E-state index is 10.7. The first-order valence-electron chi connectivity index (χ1n) is 2.57. The highest BCUT2D eigenvalue weighted by atomic mass is 35.5. The zero-order valence-corrected chi connectivity index (χ0v) is 5.68. The summed E-state index contributed by atoms with van der Waals surface area (Å²) in [7, 11) is 1.44. The average molecular weight is 148 g/mol. The Morgan fingerprint density at radius 1 is 1.67 bits per heavy atom. The summed E-state index contributed by atoms with van der Waals surface area (Å²) in [5, 5.41) is -0.623. The van der Waals surface area contributed by atoms with Gasteiger partial charge in [0.15, 0.2) is 0 Å². The number of rotatable bonds is 0. The van der Waals surface area contributed by atoms with Crippen molar-refractivity contribution in [2.45, 2.75) is 11.8 Å². The van der Waals surface area contributed by atoms with E-state index < -0.39 is 5.38 Å². The molecule has 0 aromatic carbocycles. The third kappa shape index (κ3) is 0.920. The smallest absolute Gasteiger partial charge is 0.247 e. The fourth-order valence-electron chi connectivity index (χ4n) is 0.711. The van der Waals surface area contributed by atoms with E-state index >= 15 is 0 Å². The molecule has 0 N–H and O–H groups in total. The molecule has 50 valence electrons. The lowest BCUT2D eigenvalue weighted by Gasteiger charge is -2.02. The van der Waals surface area contributed by atoms with Gasteiger partial charge in [0.05, 0.1) is 6.42 Å². The number of carbonyl (C=O) groups excluding carboxylic acids is 2. The van der Waals surface area contributed by atoms with Gasteiger partial charge in [-0.05, 0) is 0 Å². The monoisotopic (exact) mass is 147 g/mol. The largest absolute Gasteiger partial charge is 0.284 e. The zero-order valence-electron chi connectivity index (χ0n) is 4.93. The van der Waals surface area contributed by atoms with Crippen LogP contribution in [0.3, 0.4) is 0 Å². The third-order valence-corrected chi connectivity index (χ3v) is 1.67. The lowest BCUT2D eigenvalue weighted by atomic mass is 10.4. The second-order valence-corrected chi connectivity index (χ2v) is 2.49. The van der Waals surface area contributed by atoms with Gasteiger partial charge in [-0.15, -0.1) is 11.6 Å². The number of likely N-dealkylation sites (tertiary alicyclic amines) is 1. The minimum absolute atomic E-state index is 0.150. The first-order chi connectivity index (χ1) is 4.13. The number of carbonyl (C=O) groups is 2. The third-order valence-electron chi connectivity index (χ3n) is 1.33. The summed E-state index contributed by atoms with van der Waals surface area (Å²) in [4.78, 5) is 22.4. The standard InChI is InChI=1S/C5H6ClNO2/c1-7-4(8)2-3(6)5(7)9/h3H,2H2,1H3. The van der Waals surface area contributed by atoms with Crippen LogP contribution in [0.1, 0.15) is 6.42 Å². The molecule has 0 aliphatic carbocycles. The summed E-state index contributed by atoms with van der Waals surface area (Å²) in [6.45, 7) is 0. The van der Waals surface area contributed by atoms with Crippen LogP contribution in [-0.4, -0.2) is 29.1 Å². The van der Waals surface area contributed by atoms with Crippen LogP contribution < -0.4 is 0 Å². The highest BCUT2D eigenvalue weighted by Gasteiger charge is 2.34. The Morgan fingerprint density at radius 2 is 2.22 bits per heavy atom. The predicted molar refractivity (Wildman–Crippen MR) is 32.0 cm³/mol. The second kappa shape index (κ2) is 1.99. The topological polar surface area (TPSA) is 37.4 Å². The molecule has 1 atom stereocenters. The number of alkyl halides is 1. The van der Waals surface area contributed by atoms with Crippen molar-refractivity contribution >= 4 is 23.4 Å². The Morgan fingerprint density at radius 3 is 2.33 bits per heavy atom. The van der Waals surface area contributed by atoms with Crippen molar-refractivity contribution in [3.8, 4) is 0 Å². The number of amides is 2. The van der Waals surface area contributed by atoms with Crippen molar-refractivity contribution in [1.29, 1.82) is 0 Å². The van der Waals surface area contributed by atoms with E-state index in [0.717, 1.165) is 4.90 Å². The zero-order chi connectivity index (χ0) is 7.02. The van der Waals surface area contributed by atoms with Crippen molar-refractivity contribution in [3.63, 3.8) is 0 Å². The molecule has 2 amide bonds. The van der Waals surface area contributed by atoms with Crippen LogP contribution in [0.15, 0.2) is 0 Å². The molecule has 4 heteroatoms. The van der Waals surface area contributed by atoms with Crippen LogP contribution in [0, 0.1) is 0 Å². The Kier molecular flexibility index (Phi) is 1.45. The SMILES string of the molecule is CN1C(=O)CC(Cl)C1=O. The van der Waals surface area contributed by atoms with Crippen LogP contribution in [0.5, 0.6) is 0 Å². The fourth-order valence-corrected chi connectivity index (χ4v) is 0.989. The van der Waals surface area contributed by atoms with E-state index in [1.54, 1.807) is 0 Å². The van der Waals surface area contributed by atoms with Gasteiger partial charge < -0.3 is 0 Å². The second-order valence-electron chi connectivity index (χ2n) is 1.96. The molecule has 1 aliphatic rings. The molecule has 0 radical (unpaired) electrons. The Hall–Kier alpha value is -0.570. The maximum atomic E-state index is 10.7. The van der Waals surface area contributed by atoms with Gasteiger partial charge >= 0.3 is 0 Å². The molecule has 9 heavy (non-hydrogen) atoms. The lowest BCUT2D eigenvalue weighted by Crippen LogP contribution is -2.25. The molecule has 0 aromatic rings. The van der Waals surface area contributed by atoms with Gasteiger partial charge in [0.2, 0.25) is 11.8 Å². The first-order valence-corrected chi connectivity index (χ1v) is 3.01. The van der Waals surface area contributed by atoms with E-state index in [2.05, 4.69) is 0 Å². The van der Waals surface area contributed by atoms with Crippen LogP contribution in [0.2, 0.25) is 0 Å². The van der Waals surface area contributed by atoms with Gasteiger partial charge in [0, 0.05) is 7.05 Å². The number of hydrogen-bond donors (Lipinski definition) is 0. The van der Waals surface area contributed by atoms with Gasteiger partial charge in [-0.3, -0.25) is 14.5 Å². The van der Waals surface area contributed by atoms with E-state index in [-0.39, 0.29) is 18.2 Å². The van der Waals surface area contributed by atoms with Gasteiger partial charge in [-0.1, -0.05) is 0 Å². The summed E-state index contributed by atoms with van der Waals surface area (Å²) >= 11 is 5.44. The van der Waals surface area contributed by atoms with E-state index in [0.29, 0.717) is 0 Å². The molecule has 0 saturated carbocycles. The number of hydrogen-bond acceptors (Lipinski definition) is 2. The first kappa shape index (κ1) is 6.55. The minimum atomic E-state index is -0.623. The van der Waals surface area contributed by atoms with Crippen molar-refractivity contribution < 1.29 is 9.59 Å². The Balaban J connectivity index is 2.77. The number of imide groups is 1. The van der Waals surface area contributed by atoms with Crippen LogP contribution in [-0.2, 0) is 9.59 Å². The Labute approximate surface area is 57.6 Å². The highest BCUT2D eigenvalue weighted by Crippen LogP contribution is 2.15. The number of nitrogens with zero attached hydrogens (tertiary/aromatic N) is 1. The van der Waals surface area contributed by atoms with Gasteiger partial charge in [-0.2, -0.15) is 0 Å². The van der Waals surface area contributed by atoms with E-state index in [1.807, 2.05) is 0 Å². The molecule has 1 unspecified atom stereocenters. The normalized spacial score (nSPS) is 27.8. The molecule has 1 fully saturated rings. The summed E-state index contributed by atoms with van der Waals surface area (Å²) in [5.74, 6) is -0.485. The molecule has 1 saturated heterocycles. The van der Waals surface area contributed by atoms with Gasteiger partial charge in [0.1, 0.15) is 5.38 Å². The summed E-state index contributed by atoms with van der Waals surface area (Å²) < 4.78 is 0. The van der Waals surface area contributed by atoms with Crippen molar-refractivity contribution in [2.75, 3.05) is 7.05 Å². The lowest BCUT2D eigenvalue weighted by molar-refractivity contribution is -0.136. The Bertz CT molecular complexity index is 168. The molecular weight excluding hydrogens is 142 g/mol. The van der Waals surface area contributed by atoms with Gasteiger partial charge in [-0.25, -0.2) is 0 Å². The van der Waals surface area contributed by atoms with Gasteiger partial charge in [0.25, 0.3) is 0 Å². The molecule has 3 nitrogen and oxygen atoms in total. The molecular formula is C5H6ClNO2. The molecule has 0 bridgehead atoms. The molecule has 1 heterocycles. The van der Waals surface area contributed by atoms with Crippen LogP contribution in [0.4, 0.5) is 0 Å². The number of halogens is 1. The summed E-state index contributed by atoms with van der Waals surface area (Å²) in [6.07, 6.45) is 0.150. The van der Waals surface area contributed by atoms with E-state index in [1.165, 1.54) is 7.05 Å². The molecule has 1 rings (SSSR count). The maximum Gasteiger partial charge on any atom is 0.247 e. The quantitative estimate of drug-likeness (QED) is 0.357. The minimum Gasteiger partial charge on any atom is -0.284 e. The highest BCUT2D eigenvalue weighted by molar-refractivity contribution is 6.35. The summed E-state index contributed by atoms with van der Waals surface area (Å²) in [5.41, 5.74) is 0. The van der Waals surface area contributed by atoms with Crippen LogP contribution >= 0.6 is 11.6 Å². The fraction of sp³-hybridized carbons (Fsp3) is 0.600. The van der Waals surface area contributed by atoms with Crippen LogP contribution in [0.25, 0.3) is 0 Å². The van der Waals surface area contributed by atoms with E-state index in [9.17, 15) is 9.59 Å². The molecule has 0 spiro atoms. The van der Waals surface area contributed by atoms with Crippen molar-refractivity contribution in [1.82, 2.24) is 4.90 Å². The van der Waals surface area contributed by atoms with Crippen molar-refractivity contribution in [2.24, 2.45) is 0 Å². The predicted octanol–water partition coefficient (Wildman–Crippen LogP) is -0.0175. The molecule has 0 aromatic heterocycles. The summed E-state index contributed by atoms with van der Waals surface area (Å²) in [6, 6.07) is 0. The van der Waals surface area contributed by atoms with Crippen molar-refractivity contribution in [3.05, 3.63) is 0 Å².